The molecular formula is C17H24N4O. The summed E-state index contributed by atoms with van der Waals surface area (Å²) >= 11 is 0. The molecule has 1 heterocycles. The maximum Gasteiger partial charge on any atom is 0.221 e. The fourth-order valence-electron chi connectivity index (χ4n) is 2.05. The number of hydrogen-bond donors (Lipinski definition) is 2. The largest absolute Gasteiger partial charge is 0.354 e. The van der Waals surface area contributed by atoms with E-state index in [1.54, 1.807) is 0 Å². The zero-order chi connectivity index (χ0) is 15.8. The summed E-state index contributed by atoms with van der Waals surface area (Å²) in [5, 5.41) is 10.7. The van der Waals surface area contributed by atoms with Crippen molar-refractivity contribution in [2.75, 3.05) is 6.54 Å². The van der Waals surface area contributed by atoms with E-state index in [9.17, 15) is 4.79 Å². The minimum Gasteiger partial charge on any atom is -0.354 e. The number of carbonyl (C=O) groups is 1. The summed E-state index contributed by atoms with van der Waals surface area (Å²) in [4.78, 5) is 11.6. The number of rotatable bonds is 8. The van der Waals surface area contributed by atoms with Gasteiger partial charge in [0, 0.05) is 31.7 Å². The van der Waals surface area contributed by atoms with Crippen LogP contribution >= 0.6 is 0 Å². The van der Waals surface area contributed by atoms with Gasteiger partial charge in [-0.1, -0.05) is 25.1 Å². The lowest BCUT2D eigenvalue weighted by Gasteiger charge is -2.11. The van der Waals surface area contributed by atoms with Gasteiger partial charge >= 0.3 is 0 Å². The minimum absolute atomic E-state index is 0.0941. The van der Waals surface area contributed by atoms with Gasteiger partial charge in [-0.2, -0.15) is 5.10 Å². The summed E-state index contributed by atoms with van der Waals surface area (Å²) < 4.78 is 1.85. The molecule has 22 heavy (non-hydrogen) atoms. The van der Waals surface area contributed by atoms with Gasteiger partial charge < -0.3 is 10.6 Å². The molecule has 0 saturated heterocycles. The molecule has 2 N–H and O–H groups in total. The van der Waals surface area contributed by atoms with Gasteiger partial charge in [0.1, 0.15) is 0 Å². The van der Waals surface area contributed by atoms with Crippen molar-refractivity contribution in [3.8, 4) is 5.69 Å². The first-order valence-electron chi connectivity index (χ1n) is 7.79. The predicted molar refractivity (Wildman–Crippen MR) is 87.8 cm³/mol. The summed E-state index contributed by atoms with van der Waals surface area (Å²) in [5.41, 5.74) is 2.01. The van der Waals surface area contributed by atoms with Gasteiger partial charge in [-0.25, -0.2) is 4.68 Å². The lowest BCUT2D eigenvalue weighted by Crippen LogP contribution is -2.33. The van der Waals surface area contributed by atoms with Crippen LogP contribution in [0.1, 0.15) is 32.4 Å². The van der Waals surface area contributed by atoms with Crippen molar-refractivity contribution in [3.05, 3.63) is 48.3 Å². The van der Waals surface area contributed by atoms with E-state index in [0.29, 0.717) is 19.5 Å². The quantitative estimate of drug-likeness (QED) is 0.735. The summed E-state index contributed by atoms with van der Waals surface area (Å²) in [6.07, 6.45) is 3.39. The third kappa shape index (κ3) is 5.00. The number of nitrogens with one attached hydrogen (secondary N) is 2. The second kappa shape index (κ2) is 8.34. The number of aromatic nitrogens is 2. The maximum absolute atomic E-state index is 11.6. The Bertz CT molecular complexity index is 579. The monoisotopic (exact) mass is 300 g/mol. The van der Waals surface area contributed by atoms with E-state index in [1.165, 1.54) is 0 Å². The SMILES string of the molecule is CCC(C)NC(=O)CCNCc1ccn(-c2ccccc2)n1. The summed E-state index contributed by atoms with van der Waals surface area (Å²) in [7, 11) is 0. The normalized spacial score (nSPS) is 12.1. The van der Waals surface area contributed by atoms with Gasteiger partial charge in [-0.3, -0.25) is 4.79 Å². The van der Waals surface area contributed by atoms with E-state index in [2.05, 4.69) is 22.7 Å². The van der Waals surface area contributed by atoms with Gasteiger partial charge in [0.05, 0.1) is 11.4 Å². The van der Waals surface area contributed by atoms with E-state index in [4.69, 9.17) is 0 Å². The zero-order valence-electron chi connectivity index (χ0n) is 13.2. The zero-order valence-corrected chi connectivity index (χ0v) is 13.2. The second-order valence-corrected chi connectivity index (χ2v) is 5.39. The Morgan fingerprint density at radius 3 is 2.77 bits per heavy atom. The second-order valence-electron chi connectivity index (χ2n) is 5.39. The predicted octanol–water partition coefficient (Wildman–Crippen LogP) is 2.27. The standard InChI is InChI=1S/C17H24N4O/c1-3-14(2)19-17(22)9-11-18-13-15-10-12-21(20-15)16-7-5-4-6-8-16/h4-8,10,12,14,18H,3,9,11,13H2,1-2H3,(H,19,22). The summed E-state index contributed by atoms with van der Waals surface area (Å²) in [6, 6.07) is 12.2. The Kier molecular flexibility index (Phi) is 6.15. The highest BCUT2D eigenvalue weighted by molar-refractivity contribution is 5.76. The van der Waals surface area contributed by atoms with Crippen LogP contribution in [0.2, 0.25) is 0 Å². The van der Waals surface area contributed by atoms with E-state index in [0.717, 1.165) is 17.8 Å². The smallest absolute Gasteiger partial charge is 0.221 e. The fourth-order valence-corrected chi connectivity index (χ4v) is 2.05. The Morgan fingerprint density at radius 2 is 2.05 bits per heavy atom. The summed E-state index contributed by atoms with van der Waals surface area (Å²) in [5.74, 6) is 0.0941. The van der Waals surface area contributed by atoms with Gasteiger partial charge in [0.15, 0.2) is 0 Å². The Labute approximate surface area is 131 Å². The molecule has 2 rings (SSSR count). The lowest BCUT2D eigenvalue weighted by atomic mass is 10.2. The maximum atomic E-state index is 11.6. The Balaban J connectivity index is 1.72. The molecule has 1 unspecified atom stereocenters. The molecule has 1 amide bonds. The minimum atomic E-state index is 0.0941. The van der Waals surface area contributed by atoms with Crippen LogP contribution in [0.25, 0.3) is 5.69 Å². The molecule has 1 atom stereocenters. The van der Waals surface area contributed by atoms with Gasteiger partial charge in [-0.05, 0) is 31.5 Å². The van der Waals surface area contributed by atoms with Gasteiger partial charge in [0.25, 0.3) is 0 Å². The highest BCUT2D eigenvalue weighted by atomic mass is 16.1. The van der Waals surface area contributed by atoms with Crippen molar-refractivity contribution in [2.24, 2.45) is 0 Å². The van der Waals surface area contributed by atoms with Crippen molar-refractivity contribution in [3.63, 3.8) is 0 Å². The van der Waals surface area contributed by atoms with Crippen LogP contribution in [-0.2, 0) is 11.3 Å². The average molecular weight is 300 g/mol. The highest BCUT2D eigenvalue weighted by Crippen LogP contribution is 2.06. The van der Waals surface area contributed by atoms with Crippen molar-refractivity contribution in [1.29, 1.82) is 0 Å². The lowest BCUT2D eigenvalue weighted by molar-refractivity contribution is -0.121. The fraction of sp³-hybridized carbons (Fsp3) is 0.412. The van der Waals surface area contributed by atoms with Gasteiger partial charge in [0.2, 0.25) is 5.91 Å². The molecule has 0 aliphatic rings. The highest BCUT2D eigenvalue weighted by Gasteiger charge is 2.05. The van der Waals surface area contributed by atoms with Crippen molar-refractivity contribution >= 4 is 5.91 Å². The number of benzene rings is 1. The van der Waals surface area contributed by atoms with Crippen LogP contribution in [0.15, 0.2) is 42.6 Å². The first kappa shape index (κ1) is 16.2. The Hall–Kier alpha value is -2.14. The number of carbonyl (C=O) groups excluding carboxylic acids is 1. The molecule has 2 aromatic rings. The molecule has 5 heteroatoms. The van der Waals surface area contributed by atoms with Crippen LogP contribution in [0.3, 0.4) is 0 Å². The molecular weight excluding hydrogens is 276 g/mol. The molecule has 0 spiro atoms. The topological polar surface area (TPSA) is 59.0 Å². The van der Waals surface area contributed by atoms with E-state index >= 15 is 0 Å². The molecule has 0 bridgehead atoms. The number of nitrogens with zero attached hydrogens (tertiary/aromatic N) is 2. The van der Waals surface area contributed by atoms with Gasteiger partial charge in [-0.15, -0.1) is 0 Å². The van der Waals surface area contributed by atoms with E-state index in [-0.39, 0.29) is 11.9 Å². The molecule has 0 aliphatic heterocycles. The molecule has 1 aromatic heterocycles. The van der Waals surface area contributed by atoms with E-state index < -0.39 is 0 Å². The molecule has 5 nitrogen and oxygen atoms in total. The van der Waals surface area contributed by atoms with Crippen LogP contribution in [0.5, 0.6) is 0 Å². The van der Waals surface area contributed by atoms with Crippen molar-refractivity contribution < 1.29 is 4.79 Å². The number of amides is 1. The number of hydrogen-bond acceptors (Lipinski definition) is 3. The van der Waals surface area contributed by atoms with Crippen LogP contribution in [0.4, 0.5) is 0 Å². The molecule has 1 aromatic carbocycles. The third-order valence-corrected chi connectivity index (χ3v) is 3.52. The first-order valence-corrected chi connectivity index (χ1v) is 7.79. The van der Waals surface area contributed by atoms with Crippen molar-refractivity contribution in [1.82, 2.24) is 20.4 Å². The van der Waals surface area contributed by atoms with Crippen LogP contribution in [0, 0.1) is 0 Å². The molecule has 118 valence electrons. The van der Waals surface area contributed by atoms with E-state index in [1.807, 2.05) is 54.2 Å². The van der Waals surface area contributed by atoms with Crippen LogP contribution < -0.4 is 10.6 Å². The average Bonchev–Trinajstić information content (AvgIpc) is 3.01. The van der Waals surface area contributed by atoms with Crippen LogP contribution in [-0.4, -0.2) is 28.3 Å². The third-order valence-electron chi connectivity index (χ3n) is 3.52. The Morgan fingerprint density at radius 1 is 1.27 bits per heavy atom. The number of para-hydroxylation sites is 1. The van der Waals surface area contributed by atoms with Crippen molar-refractivity contribution in [2.45, 2.75) is 39.3 Å². The molecule has 0 aliphatic carbocycles. The molecule has 0 fully saturated rings. The molecule has 0 radical (unpaired) electrons. The molecule has 0 saturated carbocycles. The summed E-state index contributed by atoms with van der Waals surface area (Å²) in [6.45, 7) is 5.39. The first-order chi connectivity index (χ1) is 10.7.